The van der Waals surface area contributed by atoms with E-state index in [-0.39, 0.29) is 30.0 Å². The molecule has 0 rings (SSSR count). The first-order valence-corrected chi connectivity index (χ1v) is 6.44. The van der Waals surface area contributed by atoms with E-state index in [9.17, 15) is 4.79 Å². The summed E-state index contributed by atoms with van der Waals surface area (Å²) in [5.41, 5.74) is -0.0280. The SMILES string of the molecule is CCNC(C)CC(=O)NC(CCO)C(C)(C)C. The van der Waals surface area contributed by atoms with Gasteiger partial charge in [-0.3, -0.25) is 4.79 Å². The summed E-state index contributed by atoms with van der Waals surface area (Å²) in [5.74, 6) is 0.0480. The van der Waals surface area contributed by atoms with Crippen LogP contribution in [-0.2, 0) is 4.79 Å². The maximum Gasteiger partial charge on any atom is 0.221 e. The van der Waals surface area contributed by atoms with Crippen molar-refractivity contribution in [2.45, 2.75) is 59.5 Å². The Kier molecular flexibility index (Phi) is 7.39. The van der Waals surface area contributed by atoms with Gasteiger partial charge >= 0.3 is 0 Å². The van der Waals surface area contributed by atoms with Gasteiger partial charge in [-0.1, -0.05) is 27.7 Å². The van der Waals surface area contributed by atoms with Crippen molar-refractivity contribution in [2.24, 2.45) is 5.41 Å². The molecular formula is C13H28N2O2. The molecule has 4 heteroatoms. The van der Waals surface area contributed by atoms with E-state index < -0.39 is 0 Å². The van der Waals surface area contributed by atoms with Crippen molar-refractivity contribution >= 4 is 5.91 Å². The first-order valence-electron chi connectivity index (χ1n) is 6.44. The van der Waals surface area contributed by atoms with E-state index in [1.807, 2.05) is 13.8 Å². The molecule has 0 aliphatic carbocycles. The van der Waals surface area contributed by atoms with Gasteiger partial charge < -0.3 is 15.7 Å². The molecule has 0 spiro atoms. The van der Waals surface area contributed by atoms with Gasteiger partial charge in [0.25, 0.3) is 0 Å². The Bertz CT molecular complexity index is 224. The van der Waals surface area contributed by atoms with E-state index in [1.165, 1.54) is 0 Å². The Morgan fingerprint density at radius 2 is 1.94 bits per heavy atom. The predicted molar refractivity (Wildman–Crippen MR) is 70.8 cm³/mol. The van der Waals surface area contributed by atoms with Gasteiger partial charge in [0.15, 0.2) is 0 Å². The summed E-state index contributed by atoms with van der Waals surface area (Å²) in [5, 5.41) is 15.2. The molecule has 0 aromatic rings. The van der Waals surface area contributed by atoms with Crippen LogP contribution in [0.1, 0.15) is 47.5 Å². The van der Waals surface area contributed by atoms with E-state index in [0.717, 1.165) is 6.54 Å². The lowest BCUT2D eigenvalue weighted by atomic mass is 9.85. The van der Waals surface area contributed by atoms with Crippen LogP contribution in [0.5, 0.6) is 0 Å². The number of nitrogens with one attached hydrogen (secondary N) is 2. The number of hydrogen-bond acceptors (Lipinski definition) is 3. The van der Waals surface area contributed by atoms with Gasteiger partial charge in [0.2, 0.25) is 5.91 Å². The molecule has 0 heterocycles. The molecular weight excluding hydrogens is 216 g/mol. The fourth-order valence-electron chi connectivity index (χ4n) is 1.80. The van der Waals surface area contributed by atoms with Crippen molar-refractivity contribution in [3.05, 3.63) is 0 Å². The van der Waals surface area contributed by atoms with Crippen LogP contribution in [0.15, 0.2) is 0 Å². The molecule has 0 aromatic heterocycles. The zero-order valence-electron chi connectivity index (χ0n) is 11.8. The Balaban J connectivity index is 4.22. The number of hydrogen-bond donors (Lipinski definition) is 3. The molecule has 0 saturated carbocycles. The third-order valence-electron chi connectivity index (χ3n) is 2.84. The molecule has 0 aliphatic heterocycles. The number of carbonyl (C=O) groups excluding carboxylic acids is 1. The third kappa shape index (κ3) is 7.34. The summed E-state index contributed by atoms with van der Waals surface area (Å²) in [7, 11) is 0. The second-order valence-electron chi connectivity index (χ2n) is 5.66. The van der Waals surface area contributed by atoms with Crippen molar-refractivity contribution in [1.82, 2.24) is 10.6 Å². The lowest BCUT2D eigenvalue weighted by molar-refractivity contribution is -0.123. The van der Waals surface area contributed by atoms with E-state index in [0.29, 0.717) is 12.8 Å². The summed E-state index contributed by atoms with van der Waals surface area (Å²) in [6.45, 7) is 11.2. The first-order chi connectivity index (χ1) is 7.81. The average molecular weight is 244 g/mol. The zero-order valence-corrected chi connectivity index (χ0v) is 11.8. The maximum absolute atomic E-state index is 11.8. The summed E-state index contributed by atoms with van der Waals surface area (Å²) >= 11 is 0. The van der Waals surface area contributed by atoms with Crippen molar-refractivity contribution < 1.29 is 9.90 Å². The monoisotopic (exact) mass is 244 g/mol. The quantitative estimate of drug-likeness (QED) is 0.632. The minimum atomic E-state index is -0.0280. The van der Waals surface area contributed by atoms with E-state index in [4.69, 9.17) is 5.11 Å². The van der Waals surface area contributed by atoms with E-state index >= 15 is 0 Å². The van der Waals surface area contributed by atoms with E-state index in [1.54, 1.807) is 0 Å². The Labute approximate surface area is 105 Å². The van der Waals surface area contributed by atoms with Gasteiger partial charge in [-0.05, 0) is 25.3 Å². The zero-order chi connectivity index (χ0) is 13.5. The molecule has 0 saturated heterocycles. The van der Waals surface area contributed by atoms with Crippen LogP contribution >= 0.6 is 0 Å². The molecule has 1 amide bonds. The Morgan fingerprint density at radius 3 is 2.35 bits per heavy atom. The molecule has 0 aliphatic rings. The summed E-state index contributed by atoms with van der Waals surface area (Å²) < 4.78 is 0. The normalized spacial score (nSPS) is 15.4. The molecule has 0 radical (unpaired) electrons. The summed E-state index contributed by atoms with van der Waals surface area (Å²) in [4.78, 5) is 11.8. The largest absolute Gasteiger partial charge is 0.396 e. The topological polar surface area (TPSA) is 61.4 Å². The summed E-state index contributed by atoms with van der Waals surface area (Å²) in [6.07, 6.45) is 1.08. The first kappa shape index (κ1) is 16.4. The molecule has 0 aromatic carbocycles. The van der Waals surface area contributed by atoms with Crippen molar-refractivity contribution in [3.63, 3.8) is 0 Å². The standard InChI is InChI=1S/C13H28N2O2/c1-6-14-10(2)9-12(17)15-11(7-8-16)13(3,4)5/h10-11,14,16H,6-9H2,1-5H3,(H,15,17). The van der Waals surface area contributed by atoms with Crippen molar-refractivity contribution in [2.75, 3.05) is 13.2 Å². The van der Waals surface area contributed by atoms with Crippen LogP contribution in [0.2, 0.25) is 0 Å². The second kappa shape index (κ2) is 7.67. The van der Waals surface area contributed by atoms with Crippen molar-refractivity contribution in [1.29, 1.82) is 0 Å². The average Bonchev–Trinajstić information content (AvgIpc) is 2.15. The number of carbonyl (C=O) groups is 1. The Morgan fingerprint density at radius 1 is 1.35 bits per heavy atom. The molecule has 0 fully saturated rings. The Hall–Kier alpha value is -0.610. The van der Waals surface area contributed by atoms with Crippen LogP contribution < -0.4 is 10.6 Å². The van der Waals surface area contributed by atoms with Crippen LogP contribution in [0, 0.1) is 5.41 Å². The highest BCUT2D eigenvalue weighted by molar-refractivity contribution is 5.76. The van der Waals surface area contributed by atoms with Gasteiger partial charge in [-0.25, -0.2) is 0 Å². The van der Waals surface area contributed by atoms with Gasteiger partial charge in [-0.15, -0.1) is 0 Å². The minimum Gasteiger partial charge on any atom is -0.396 e. The molecule has 0 bridgehead atoms. The van der Waals surface area contributed by atoms with E-state index in [2.05, 4.69) is 31.4 Å². The van der Waals surface area contributed by atoms with Crippen LogP contribution in [0.4, 0.5) is 0 Å². The molecule has 17 heavy (non-hydrogen) atoms. The van der Waals surface area contributed by atoms with Crippen LogP contribution in [0.3, 0.4) is 0 Å². The molecule has 2 unspecified atom stereocenters. The van der Waals surface area contributed by atoms with Gasteiger partial charge in [0.1, 0.15) is 0 Å². The molecule has 102 valence electrons. The number of aliphatic hydroxyl groups is 1. The van der Waals surface area contributed by atoms with Crippen LogP contribution in [-0.4, -0.2) is 36.2 Å². The molecule has 3 N–H and O–H groups in total. The third-order valence-corrected chi connectivity index (χ3v) is 2.84. The fraction of sp³-hybridized carbons (Fsp3) is 0.923. The number of aliphatic hydroxyl groups excluding tert-OH is 1. The fourth-order valence-corrected chi connectivity index (χ4v) is 1.80. The minimum absolute atomic E-state index is 0.0221. The summed E-state index contributed by atoms with van der Waals surface area (Å²) in [6, 6.07) is 0.212. The predicted octanol–water partition coefficient (Wildman–Crippen LogP) is 1.29. The van der Waals surface area contributed by atoms with Gasteiger partial charge in [0, 0.05) is 25.1 Å². The smallest absolute Gasteiger partial charge is 0.221 e. The highest BCUT2D eigenvalue weighted by atomic mass is 16.3. The lowest BCUT2D eigenvalue weighted by Gasteiger charge is -2.31. The lowest BCUT2D eigenvalue weighted by Crippen LogP contribution is -2.45. The number of amides is 1. The second-order valence-corrected chi connectivity index (χ2v) is 5.66. The maximum atomic E-state index is 11.8. The van der Waals surface area contributed by atoms with Crippen LogP contribution in [0.25, 0.3) is 0 Å². The molecule has 2 atom stereocenters. The highest BCUT2D eigenvalue weighted by Gasteiger charge is 2.25. The van der Waals surface area contributed by atoms with Gasteiger partial charge in [-0.2, -0.15) is 0 Å². The molecule has 4 nitrogen and oxygen atoms in total. The van der Waals surface area contributed by atoms with Crippen molar-refractivity contribution in [3.8, 4) is 0 Å². The van der Waals surface area contributed by atoms with Gasteiger partial charge in [0.05, 0.1) is 0 Å². The highest BCUT2D eigenvalue weighted by Crippen LogP contribution is 2.21. The number of rotatable bonds is 7.